The predicted octanol–water partition coefficient (Wildman–Crippen LogP) is 3.66. The lowest BCUT2D eigenvalue weighted by molar-refractivity contribution is 1.11. The number of pyridine rings is 1. The highest BCUT2D eigenvalue weighted by molar-refractivity contribution is 6.29. The highest BCUT2D eigenvalue weighted by Gasteiger charge is 1.98. The third kappa shape index (κ3) is 2.97. The largest absolute Gasteiger partial charge is 0.366 e. The van der Waals surface area contributed by atoms with Crippen molar-refractivity contribution in [3.8, 4) is 0 Å². The first-order chi connectivity index (χ1) is 7.74. The van der Waals surface area contributed by atoms with Gasteiger partial charge in [0.25, 0.3) is 0 Å². The molecule has 1 N–H and O–H groups in total. The first-order valence-corrected chi connectivity index (χ1v) is 5.54. The van der Waals surface area contributed by atoms with E-state index in [4.69, 9.17) is 11.6 Å². The summed E-state index contributed by atoms with van der Waals surface area (Å²) in [5, 5.41) is 3.77. The number of aryl methyl sites for hydroxylation is 1. The lowest BCUT2D eigenvalue weighted by Gasteiger charge is -2.06. The Bertz CT molecular complexity index is 448. The van der Waals surface area contributed by atoms with Crippen LogP contribution >= 0.6 is 11.6 Å². The summed E-state index contributed by atoms with van der Waals surface area (Å²) in [5.41, 5.74) is 2.33. The van der Waals surface area contributed by atoms with Gasteiger partial charge in [-0.05, 0) is 30.2 Å². The van der Waals surface area contributed by atoms with E-state index >= 15 is 0 Å². The minimum atomic E-state index is 0.524. The average Bonchev–Trinajstić information content (AvgIpc) is 2.27. The fraction of sp³-hybridized carbons (Fsp3) is 0.154. The number of hydrogen-bond donors (Lipinski definition) is 1. The molecule has 2 aromatic rings. The van der Waals surface area contributed by atoms with Crippen molar-refractivity contribution in [3.05, 3.63) is 58.7 Å². The van der Waals surface area contributed by atoms with E-state index in [0.29, 0.717) is 5.15 Å². The lowest BCUT2D eigenvalue weighted by Crippen LogP contribution is -2.01. The second-order valence-corrected chi connectivity index (χ2v) is 4.08. The predicted molar refractivity (Wildman–Crippen MR) is 67.8 cm³/mol. The molecular formula is C13H13ClN2. The van der Waals surface area contributed by atoms with Gasteiger partial charge < -0.3 is 5.32 Å². The van der Waals surface area contributed by atoms with Crippen molar-refractivity contribution in [1.82, 2.24) is 4.98 Å². The molecule has 82 valence electrons. The van der Waals surface area contributed by atoms with Crippen molar-refractivity contribution >= 4 is 17.4 Å². The van der Waals surface area contributed by atoms with Crippen LogP contribution in [-0.2, 0) is 6.54 Å². The third-order valence-corrected chi connectivity index (χ3v) is 2.45. The second kappa shape index (κ2) is 4.99. The Kier molecular flexibility index (Phi) is 3.42. The van der Waals surface area contributed by atoms with Crippen molar-refractivity contribution in [2.24, 2.45) is 0 Å². The molecule has 0 aliphatic carbocycles. The zero-order valence-corrected chi connectivity index (χ0v) is 9.83. The summed E-state index contributed by atoms with van der Waals surface area (Å²) in [6.45, 7) is 2.76. The smallest absolute Gasteiger partial charge is 0.131 e. The molecule has 1 aromatic carbocycles. The number of anilines is 1. The SMILES string of the molecule is Cc1cc(Cl)nc(NCc2ccccc2)c1. The van der Waals surface area contributed by atoms with Crippen LogP contribution in [-0.4, -0.2) is 4.98 Å². The van der Waals surface area contributed by atoms with Crippen molar-refractivity contribution in [1.29, 1.82) is 0 Å². The lowest BCUT2D eigenvalue weighted by atomic mass is 10.2. The van der Waals surface area contributed by atoms with Gasteiger partial charge in [-0.3, -0.25) is 0 Å². The molecule has 2 rings (SSSR count). The molecule has 0 fully saturated rings. The van der Waals surface area contributed by atoms with Gasteiger partial charge in [0.15, 0.2) is 0 Å². The maximum Gasteiger partial charge on any atom is 0.131 e. The molecule has 3 heteroatoms. The molecule has 0 aliphatic heterocycles. The Morgan fingerprint density at radius 2 is 1.94 bits per heavy atom. The number of benzene rings is 1. The fourth-order valence-electron chi connectivity index (χ4n) is 1.50. The molecule has 16 heavy (non-hydrogen) atoms. The summed E-state index contributed by atoms with van der Waals surface area (Å²) >= 11 is 5.88. The van der Waals surface area contributed by atoms with Crippen molar-refractivity contribution in [2.45, 2.75) is 13.5 Å². The maximum absolute atomic E-state index is 5.88. The number of rotatable bonds is 3. The molecular weight excluding hydrogens is 220 g/mol. The summed E-state index contributed by atoms with van der Waals surface area (Å²) in [5.74, 6) is 0.814. The normalized spacial score (nSPS) is 10.1. The van der Waals surface area contributed by atoms with E-state index in [9.17, 15) is 0 Å². The van der Waals surface area contributed by atoms with E-state index in [0.717, 1.165) is 17.9 Å². The van der Waals surface area contributed by atoms with Crippen molar-refractivity contribution < 1.29 is 0 Å². The Labute approximate surface area is 100 Å². The average molecular weight is 233 g/mol. The molecule has 0 unspecified atom stereocenters. The topological polar surface area (TPSA) is 24.9 Å². The molecule has 0 bridgehead atoms. The number of hydrogen-bond acceptors (Lipinski definition) is 2. The van der Waals surface area contributed by atoms with Crippen LogP contribution in [0.4, 0.5) is 5.82 Å². The Hall–Kier alpha value is -1.54. The molecule has 0 aliphatic rings. The Morgan fingerprint density at radius 3 is 2.62 bits per heavy atom. The van der Waals surface area contributed by atoms with Crippen LogP contribution in [0.2, 0.25) is 5.15 Å². The van der Waals surface area contributed by atoms with Crippen molar-refractivity contribution in [3.63, 3.8) is 0 Å². The van der Waals surface area contributed by atoms with E-state index in [2.05, 4.69) is 22.4 Å². The zero-order valence-electron chi connectivity index (χ0n) is 9.07. The van der Waals surface area contributed by atoms with Crippen LogP contribution < -0.4 is 5.32 Å². The van der Waals surface area contributed by atoms with Gasteiger partial charge in [0.2, 0.25) is 0 Å². The molecule has 0 saturated heterocycles. The highest BCUT2D eigenvalue weighted by Crippen LogP contribution is 2.14. The van der Waals surface area contributed by atoms with Crippen LogP contribution in [0.15, 0.2) is 42.5 Å². The van der Waals surface area contributed by atoms with Gasteiger partial charge in [-0.15, -0.1) is 0 Å². The van der Waals surface area contributed by atoms with E-state index in [1.807, 2.05) is 37.3 Å². The third-order valence-electron chi connectivity index (χ3n) is 2.25. The molecule has 1 aromatic heterocycles. The van der Waals surface area contributed by atoms with Gasteiger partial charge in [0.05, 0.1) is 0 Å². The maximum atomic E-state index is 5.88. The minimum absolute atomic E-state index is 0.524. The van der Waals surface area contributed by atoms with Gasteiger partial charge >= 0.3 is 0 Å². The summed E-state index contributed by atoms with van der Waals surface area (Å²) < 4.78 is 0. The molecule has 1 heterocycles. The fourth-order valence-corrected chi connectivity index (χ4v) is 1.77. The van der Waals surface area contributed by atoms with Crippen LogP contribution in [0.1, 0.15) is 11.1 Å². The van der Waals surface area contributed by atoms with Gasteiger partial charge in [-0.25, -0.2) is 4.98 Å². The standard InChI is InChI=1S/C13H13ClN2/c1-10-7-12(14)16-13(8-10)15-9-11-5-3-2-4-6-11/h2-8H,9H2,1H3,(H,15,16). The summed E-state index contributed by atoms with van der Waals surface area (Å²) in [4.78, 5) is 4.20. The van der Waals surface area contributed by atoms with E-state index in [1.54, 1.807) is 0 Å². The summed E-state index contributed by atoms with van der Waals surface area (Å²) in [6.07, 6.45) is 0. The molecule has 0 amide bonds. The van der Waals surface area contributed by atoms with Gasteiger partial charge in [0.1, 0.15) is 11.0 Å². The van der Waals surface area contributed by atoms with E-state index in [1.165, 1.54) is 5.56 Å². The highest BCUT2D eigenvalue weighted by atomic mass is 35.5. The zero-order chi connectivity index (χ0) is 11.4. The Morgan fingerprint density at radius 1 is 1.19 bits per heavy atom. The molecule has 0 saturated carbocycles. The van der Waals surface area contributed by atoms with Gasteiger partial charge in [-0.1, -0.05) is 41.9 Å². The molecule has 0 spiro atoms. The minimum Gasteiger partial charge on any atom is -0.366 e. The van der Waals surface area contributed by atoms with Crippen LogP contribution in [0.5, 0.6) is 0 Å². The number of nitrogens with zero attached hydrogens (tertiary/aromatic N) is 1. The van der Waals surface area contributed by atoms with E-state index in [-0.39, 0.29) is 0 Å². The number of aromatic nitrogens is 1. The summed E-state index contributed by atoms with van der Waals surface area (Å²) in [7, 11) is 0. The monoisotopic (exact) mass is 232 g/mol. The van der Waals surface area contributed by atoms with Crippen LogP contribution in [0.25, 0.3) is 0 Å². The van der Waals surface area contributed by atoms with Gasteiger partial charge in [0, 0.05) is 6.54 Å². The van der Waals surface area contributed by atoms with Crippen molar-refractivity contribution in [2.75, 3.05) is 5.32 Å². The molecule has 0 atom stereocenters. The van der Waals surface area contributed by atoms with E-state index < -0.39 is 0 Å². The quantitative estimate of drug-likeness (QED) is 0.817. The molecule has 2 nitrogen and oxygen atoms in total. The Balaban J connectivity index is 2.05. The first-order valence-electron chi connectivity index (χ1n) is 5.16. The summed E-state index contributed by atoms with van der Waals surface area (Å²) in [6, 6.07) is 14.0. The first kappa shape index (κ1) is 11.0. The molecule has 0 radical (unpaired) electrons. The number of halogens is 1. The van der Waals surface area contributed by atoms with Gasteiger partial charge in [-0.2, -0.15) is 0 Å². The number of nitrogens with one attached hydrogen (secondary N) is 1. The van der Waals surface area contributed by atoms with Crippen LogP contribution in [0, 0.1) is 6.92 Å². The van der Waals surface area contributed by atoms with Crippen LogP contribution in [0.3, 0.4) is 0 Å². The second-order valence-electron chi connectivity index (χ2n) is 3.69.